The van der Waals surface area contributed by atoms with E-state index in [9.17, 15) is 13.2 Å². The minimum Gasteiger partial charge on any atom is -0.497 e. The topological polar surface area (TPSA) is 79.0 Å². The number of hydrogen-bond acceptors (Lipinski definition) is 5. The van der Waals surface area contributed by atoms with Crippen LogP contribution < -0.4 is 14.4 Å². The second kappa shape index (κ2) is 10.6. The second-order valence-electron chi connectivity index (χ2n) is 7.90. The van der Waals surface area contributed by atoms with Gasteiger partial charge in [-0.2, -0.15) is 0 Å². The van der Waals surface area contributed by atoms with Crippen LogP contribution in [0.1, 0.15) is 30.4 Å². The molecule has 0 atom stereocenters. The summed E-state index contributed by atoms with van der Waals surface area (Å²) in [4.78, 5) is 14.9. The van der Waals surface area contributed by atoms with Crippen molar-refractivity contribution in [3.05, 3.63) is 59.7 Å². The van der Waals surface area contributed by atoms with E-state index >= 15 is 0 Å². The van der Waals surface area contributed by atoms with Gasteiger partial charge in [0.15, 0.2) is 0 Å². The molecule has 0 spiro atoms. The summed E-state index contributed by atoms with van der Waals surface area (Å²) in [6.45, 7) is 3.32. The average molecular weight is 446 g/mol. The summed E-state index contributed by atoms with van der Waals surface area (Å²) < 4.78 is 30.7. The number of likely N-dealkylation sites (tertiary alicyclic amines) is 1. The number of hydrogen-bond donors (Lipinski definition) is 1. The Bertz CT molecular complexity index is 971. The summed E-state index contributed by atoms with van der Waals surface area (Å²) >= 11 is 0. The molecule has 0 unspecified atom stereocenters. The number of sulfonamides is 1. The molecule has 1 fully saturated rings. The highest BCUT2D eigenvalue weighted by molar-refractivity contribution is 7.92. The van der Waals surface area contributed by atoms with Crippen molar-refractivity contribution in [2.24, 2.45) is 0 Å². The first kappa shape index (κ1) is 23.1. The lowest BCUT2D eigenvalue weighted by Gasteiger charge is -2.26. The predicted molar refractivity (Wildman–Crippen MR) is 123 cm³/mol. The van der Waals surface area contributed by atoms with E-state index in [1.807, 2.05) is 12.1 Å². The van der Waals surface area contributed by atoms with E-state index in [1.54, 1.807) is 24.3 Å². The fourth-order valence-electron chi connectivity index (χ4n) is 3.69. The number of ether oxygens (including phenoxy) is 1. The van der Waals surface area contributed by atoms with Gasteiger partial charge in [-0.05, 0) is 49.2 Å². The van der Waals surface area contributed by atoms with Crippen LogP contribution in [0.3, 0.4) is 0 Å². The maximum Gasteiger partial charge on any atom is 0.241 e. The van der Waals surface area contributed by atoms with Gasteiger partial charge in [0.25, 0.3) is 0 Å². The molecule has 1 saturated heterocycles. The van der Waals surface area contributed by atoms with Crippen molar-refractivity contribution in [3.8, 4) is 5.75 Å². The number of carbonyl (C=O) groups excluding carboxylic acids is 1. The van der Waals surface area contributed by atoms with Gasteiger partial charge in [-0.1, -0.05) is 36.8 Å². The third-order valence-electron chi connectivity index (χ3n) is 5.40. The largest absolute Gasteiger partial charge is 0.497 e. The third kappa shape index (κ3) is 6.97. The normalized spacial score (nSPS) is 14.8. The lowest BCUT2D eigenvalue weighted by molar-refractivity contribution is -0.119. The third-order valence-corrected chi connectivity index (χ3v) is 6.54. The molecule has 1 aliphatic rings. The van der Waals surface area contributed by atoms with Crippen LogP contribution in [-0.2, 0) is 27.9 Å². The molecule has 1 amide bonds. The zero-order valence-corrected chi connectivity index (χ0v) is 19.0. The molecule has 0 aliphatic carbocycles. The van der Waals surface area contributed by atoms with Crippen molar-refractivity contribution in [2.45, 2.75) is 32.4 Å². The van der Waals surface area contributed by atoms with Gasteiger partial charge < -0.3 is 10.1 Å². The molecule has 0 bridgehead atoms. The van der Waals surface area contributed by atoms with E-state index in [0.717, 1.165) is 35.8 Å². The summed E-state index contributed by atoms with van der Waals surface area (Å²) in [5.41, 5.74) is 2.63. The van der Waals surface area contributed by atoms with Crippen LogP contribution in [0.4, 0.5) is 5.69 Å². The van der Waals surface area contributed by atoms with Crippen molar-refractivity contribution in [1.82, 2.24) is 10.2 Å². The minimum absolute atomic E-state index is 0.293. The summed E-state index contributed by atoms with van der Waals surface area (Å²) in [6, 6.07) is 14.8. The van der Waals surface area contributed by atoms with E-state index in [4.69, 9.17) is 4.74 Å². The van der Waals surface area contributed by atoms with Crippen LogP contribution >= 0.6 is 0 Å². The fourth-order valence-corrected chi connectivity index (χ4v) is 4.54. The van der Waals surface area contributed by atoms with Gasteiger partial charge in [-0.15, -0.1) is 0 Å². The summed E-state index contributed by atoms with van der Waals surface area (Å²) in [6.07, 6.45) is 4.94. The lowest BCUT2D eigenvalue weighted by Crippen LogP contribution is -2.40. The molecule has 0 aromatic heterocycles. The van der Waals surface area contributed by atoms with Gasteiger partial charge in [0.2, 0.25) is 15.9 Å². The van der Waals surface area contributed by atoms with Crippen LogP contribution in [0.5, 0.6) is 5.75 Å². The predicted octanol–water partition coefficient (Wildman–Crippen LogP) is 2.76. The van der Waals surface area contributed by atoms with Crippen LogP contribution in [-0.4, -0.2) is 52.2 Å². The quantitative estimate of drug-likeness (QED) is 0.642. The number of benzene rings is 2. The minimum atomic E-state index is -3.63. The number of carbonyl (C=O) groups is 1. The number of methoxy groups -OCH3 is 1. The van der Waals surface area contributed by atoms with E-state index < -0.39 is 10.0 Å². The first-order chi connectivity index (χ1) is 14.8. The Labute approximate surface area is 185 Å². The van der Waals surface area contributed by atoms with Crippen molar-refractivity contribution < 1.29 is 17.9 Å². The molecule has 0 radical (unpaired) electrons. The zero-order valence-electron chi connectivity index (χ0n) is 18.2. The number of nitrogens with zero attached hydrogens (tertiary/aromatic N) is 2. The van der Waals surface area contributed by atoms with Crippen molar-refractivity contribution in [2.75, 3.05) is 37.3 Å². The second-order valence-corrected chi connectivity index (χ2v) is 9.81. The van der Waals surface area contributed by atoms with Gasteiger partial charge in [0, 0.05) is 19.2 Å². The molecule has 168 valence electrons. The SMILES string of the molecule is COc1cccc(N(CC(=O)NCc2ccc(CN3CCCCC3)cc2)S(C)(=O)=O)c1. The van der Waals surface area contributed by atoms with Gasteiger partial charge >= 0.3 is 0 Å². The molecular weight excluding hydrogens is 414 g/mol. The van der Waals surface area contributed by atoms with Crippen molar-refractivity contribution in [1.29, 1.82) is 0 Å². The zero-order chi connectivity index (χ0) is 22.3. The molecule has 3 rings (SSSR count). The smallest absolute Gasteiger partial charge is 0.241 e. The Morgan fingerprint density at radius 3 is 2.39 bits per heavy atom. The highest BCUT2D eigenvalue weighted by Crippen LogP contribution is 2.22. The number of nitrogens with one attached hydrogen (secondary N) is 1. The van der Waals surface area contributed by atoms with Gasteiger partial charge in [-0.3, -0.25) is 14.0 Å². The first-order valence-corrected chi connectivity index (χ1v) is 12.4. The monoisotopic (exact) mass is 445 g/mol. The molecule has 1 heterocycles. The summed E-state index contributed by atoms with van der Waals surface area (Å²) in [7, 11) is -2.12. The maximum atomic E-state index is 12.5. The van der Waals surface area contributed by atoms with Gasteiger partial charge in [0.1, 0.15) is 12.3 Å². The number of rotatable bonds is 9. The molecule has 1 N–H and O–H groups in total. The standard InChI is InChI=1S/C23H31N3O4S/c1-30-22-8-6-7-21(15-22)26(31(2,28)29)18-23(27)24-16-19-9-11-20(12-10-19)17-25-13-4-3-5-14-25/h6-12,15H,3-5,13-14,16-18H2,1-2H3,(H,24,27). The van der Waals surface area contributed by atoms with Crippen molar-refractivity contribution in [3.63, 3.8) is 0 Å². The van der Waals surface area contributed by atoms with Gasteiger partial charge in [-0.25, -0.2) is 8.42 Å². The number of anilines is 1. The summed E-state index contributed by atoms with van der Waals surface area (Å²) in [5.74, 6) is 0.154. The molecular formula is C23H31N3O4S. The molecule has 0 saturated carbocycles. The Balaban J connectivity index is 1.56. The van der Waals surface area contributed by atoms with Crippen LogP contribution in [0, 0.1) is 0 Å². The Kier molecular flexibility index (Phi) is 7.92. The van der Waals surface area contributed by atoms with E-state index in [2.05, 4.69) is 22.3 Å². The van der Waals surface area contributed by atoms with E-state index in [-0.39, 0.29) is 12.5 Å². The molecule has 2 aromatic carbocycles. The van der Waals surface area contributed by atoms with E-state index in [0.29, 0.717) is 18.0 Å². The Morgan fingerprint density at radius 2 is 1.74 bits per heavy atom. The first-order valence-electron chi connectivity index (χ1n) is 10.5. The van der Waals surface area contributed by atoms with Crippen LogP contribution in [0.15, 0.2) is 48.5 Å². The highest BCUT2D eigenvalue weighted by atomic mass is 32.2. The molecule has 7 nitrogen and oxygen atoms in total. The summed E-state index contributed by atoms with van der Waals surface area (Å²) in [5, 5.41) is 2.81. The Hall–Kier alpha value is -2.58. The molecule has 2 aromatic rings. The lowest BCUT2D eigenvalue weighted by atomic mass is 10.1. The van der Waals surface area contributed by atoms with Crippen LogP contribution in [0.25, 0.3) is 0 Å². The number of amides is 1. The van der Waals surface area contributed by atoms with Gasteiger partial charge in [0.05, 0.1) is 19.1 Å². The average Bonchev–Trinajstić information content (AvgIpc) is 2.77. The molecule has 31 heavy (non-hydrogen) atoms. The molecule has 1 aliphatic heterocycles. The van der Waals surface area contributed by atoms with Crippen LogP contribution in [0.2, 0.25) is 0 Å². The van der Waals surface area contributed by atoms with Crippen molar-refractivity contribution >= 4 is 21.6 Å². The fraction of sp³-hybridized carbons (Fsp3) is 0.435. The molecule has 8 heteroatoms. The highest BCUT2D eigenvalue weighted by Gasteiger charge is 2.21. The number of piperidine rings is 1. The maximum absolute atomic E-state index is 12.5. The Morgan fingerprint density at radius 1 is 1.06 bits per heavy atom. The van der Waals surface area contributed by atoms with E-state index in [1.165, 1.54) is 31.9 Å².